The molecule has 0 saturated carbocycles. The van der Waals surface area contributed by atoms with Crippen LogP contribution < -0.4 is 0 Å². The Kier molecular flexibility index (Phi) is 18.3. The number of hydrogen-bond donors (Lipinski definition) is 0. The minimum absolute atomic E-state index is 0.0539. The van der Waals surface area contributed by atoms with Gasteiger partial charge in [-0.2, -0.15) is 0 Å². The summed E-state index contributed by atoms with van der Waals surface area (Å²) in [4.78, 5) is 0. The van der Waals surface area contributed by atoms with E-state index in [1.54, 1.807) is 0 Å². The van der Waals surface area contributed by atoms with Crippen molar-refractivity contribution >= 4 is 0 Å². The second-order valence-corrected chi connectivity index (χ2v) is 8.91. The molecule has 158 valence electrons. The van der Waals surface area contributed by atoms with Crippen LogP contribution in [-0.2, 0) is 4.74 Å². The zero-order valence-electron chi connectivity index (χ0n) is 19.2. The van der Waals surface area contributed by atoms with Crippen LogP contribution >= 0.6 is 0 Å². The summed E-state index contributed by atoms with van der Waals surface area (Å²) < 4.78 is 6.12. The van der Waals surface area contributed by atoms with Crippen molar-refractivity contribution in [1.82, 2.24) is 0 Å². The van der Waals surface area contributed by atoms with Crippen LogP contribution in [0.15, 0.2) is 0 Å². The van der Waals surface area contributed by atoms with Crippen molar-refractivity contribution in [3.8, 4) is 0 Å². The first-order chi connectivity index (χ1) is 12.6. The summed E-state index contributed by atoms with van der Waals surface area (Å²) in [5.41, 5.74) is 0.0539. The molecule has 0 aromatic carbocycles. The third kappa shape index (κ3) is 15.1. The van der Waals surface area contributed by atoms with Gasteiger partial charge in [0.2, 0.25) is 0 Å². The van der Waals surface area contributed by atoms with E-state index in [4.69, 9.17) is 4.74 Å². The second kappa shape index (κ2) is 18.3. The summed E-state index contributed by atoms with van der Waals surface area (Å²) in [5.74, 6) is 0.734. The molecular weight excluding hydrogens is 316 g/mol. The first kappa shape index (κ1) is 26.0. The Labute approximate surface area is 167 Å². The van der Waals surface area contributed by atoms with Crippen LogP contribution in [0.2, 0.25) is 0 Å². The number of ether oxygens (including phenoxy) is 1. The maximum atomic E-state index is 6.12. The van der Waals surface area contributed by atoms with Gasteiger partial charge in [-0.25, -0.2) is 0 Å². The monoisotopic (exact) mass is 368 g/mol. The maximum absolute atomic E-state index is 6.12. The number of rotatable bonds is 20. The largest absolute Gasteiger partial charge is 0.376 e. The molecular formula is C25H52O. The molecule has 0 rings (SSSR count). The van der Waals surface area contributed by atoms with Crippen LogP contribution in [0.5, 0.6) is 0 Å². The Balaban J connectivity index is 3.94. The first-order valence-electron chi connectivity index (χ1n) is 12.2. The second-order valence-electron chi connectivity index (χ2n) is 8.91. The number of unbranched alkanes of at least 4 members (excludes halogenated alkanes) is 13. The zero-order valence-corrected chi connectivity index (χ0v) is 19.2. The van der Waals surface area contributed by atoms with Crippen molar-refractivity contribution in [2.75, 3.05) is 6.61 Å². The van der Waals surface area contributed by atoms with Crippen molar-refractivity contribution in [3.63, 3.8) is 0 Å². The fourth-order valence-corrected chi connectivity index (χ4v) is 4.20. The summed E-state index contributed by atoms with van der Waals surface area (Å²) >= 11 is 0. The zero-order chi connectivity index (χ0) is 19.5. The Morgan fingerprint density at radius 1 is 0.538 bits per heavy atom. The lowest BCUT2D eigenvalue weighted by molar-refractivity contribution is -0.0605. The summed E-state index contributed by atoms with van der Waals surface area (Å²) in [6.45, 7) is 12.2. The lowest BCUT2D eigenvalue weighted by Crippen LogP contribution is -2.34. The molecule has 0 aliphatic rings. The van der Waals surface area contributed by atoms with E-state index in [2.05, 4.69) is 34.6 Å². The van der Waals surface area contributed by atoms with Crippen molar-refractivity contribution in [2.45, 2.75) is 149 Å². The topological polar surface area (TPSA) is 9.23 Å². The Morgan fingerprint density at radius 2 is 0.885 bits per heavy atom. The van der Waals surface area contributed by atoms with E-state index in [1.807, 2.05) is 0 Å². The molecule has 0 N–H and O–H groups in total. The molecule has 0 bridgehead atoms. The highest BCUT2D eigenvalue weighted by molar-refractivity contribution is 4.79. The van der Waals surface area contributed by atoms with Gasteiger partial charge in [0.15, 0.2) is 0 Å². The predicted molar refractivity (Wildman–Crippen MR) is 119 cm³/mol. The van der Waals surface area contributed by atoms with Crippen molar-refractivity contribution in [3.05, 3.63) is 0 Å². The predicted octanol–water partition coefficient (Wildman–Crippen LogP) is 9.09. The molecule has 1 unspecified atom stereocenters. The Morgan fingerprint density at radius 3 is 1.23 bits per heavy atom. The van der Waals surface area contributed by atoms with Gasteiger partial charge in [0.05, 0.1) is 5.60 Å². The molecule has 0 aromatic heterocycles. The summed E-state index contributed by atoms with van der Waals surface area (Å²) in [6.07, 6.45) is 23.9. The smallest absolute Gasteiger partial charge is 0.0654 e. The van der Waals surface area contributed by atoms with E-state index >= 15 is 0 Å². The van der Waals surface area contributed by atoms with Crippen molar-refractivity contribution < 1.29 is 4.74 Å². The van der Waals surface area contributed by atoms with E-state index in [9.17, 15) is 0 Å². The van der Waals surface area contributed by atoms with Gasteiger partial charge < -0.3 is 4.74 Å². The quantitative estimate of drug-likeness (QED) is 0.195. The molecule has 0 saturated heterocycles. The van der Waals surface area contributed by atoms with Gasteiger partial charge in [-0.15, -0.1) is 0 Å². The SMILES string of the molecule is CCCCCCCCCCCC(CCCCCCCC)C(C)(C)OCC. The average molecular weight is 369 g/mol. The highest BCUT2D eigenvalue weighted by atomic mass is 16.5. The summed E-state index contributed by atoms with van der Waals surface area (Å²) in [7, 11) is 0. The van der Waals surface area contributed by atoms with E-state index in [-0.39, 0.29) is 5.60 Å². The summed E-state index contributed by atoms with van der Waals surface area (Å²) in [6, 6.07) is 0. The van der Waals surface area contributed by atoms with Gasteiger partial charge in [0.1, 0.15) is 0 Å². The van der Waals surface area contributed by atoms with Gasteiger partial charge >= 0.3 is 0 Å². The molecule has 0 amide bonds. The Hall–Kier alpha value is -0.0400. The minimum Gasteiger partial charge on any atom is -0.376 e. The van der Waals surface area contributed by atoms with Crippen LogP contribution in [0.3, 0.4) is 0 Å². The van der Waals surface area contributed by atoms with Crippen molar-refractivity contribution in [2.24, 2.45) is 5.92 Å². The standard InChI is InChI=1S/C25H52O/c1-6-9-11-13-15-16-17-19-21-23-24(25(4,5)26-8-3)22-20-18-14-12-10-7-2/h24H,6-23H2,1-5H3. The van der Waals surface area contributed by atoms with Crippen LogP contribution in [-0.4, -0.2) is 12.2 Å². The van der Waals surface area contributed by atoms with E-state index in [1.165, 1.54) is 109 Å². The molecule has 0 aliphatic carbocycles. The number of hydrogen-bond acceptors (Lipinski definition) is 1. The highest BCUT2D eigenvalue weighted by Gasteiger charge is 2.28. The van der Waals surface area contributed by atoms with Gasteiger partial charge in [0, 0.05) is 6.61 Å². The molecule has 1 nitrogen and oxygen atoms in total. The molecule has 0 aliphatic heterocycles. The average Bonchev–Trinajstić information content (AvgIpc) is 2.61. The van der Waals surface area contributed by atoms with E-state index in [0.717, 1.165) is 12.5 Å². The van der Waals surface area contributed by atoms with Crippen LogP contribution in [0.4, 0.5) is 0 Å². The van der Waals surface area contributed by atoms with Gasteiger partial charge in [-0.05, 0) is 39.5 Å². The molecule has 0 fully saturated rings. The molecule has 0 heterocycles. The molecule has 1 heteroatoms. The lowest BCUT2D eigenvalue weighted by Gasteiger charge is -2.34. The third-order valence-electron chi connectivity index (χ3n) is 6.06. The van der Waals surface area contributed by atoms with E-state index < -0.39 is 0 Å². The Bertz CT molecular complexity index is 271. The van der Waals surface area contributed by atoms with Gasteiger partial charge in [-0.1, -0.05) is 110 Å². The molecule has 0 radical (unpaired) electrons. The van der Waals surface area contributed by atoms with Crippen LogP contribution in [0.25, 0.3) is 0 Å². The fraction of sp³-hybridized carbons (Fsp3) is 1.00. The first-order valence-corrected chi connectivity index (χ1v) is 12.2. The molecule has 0 spiro atoms. The molecule has 26 heavy (non-hydrogen) atoms. The lowest BCUT2D eigenvalue weighted by atomic mass is 9.82. The van der Waals surface area contributed by atoms with Crippen LogP contribution in [0.1, 0.15) is 144 Å². The third-order valence-corrected chi connectivity index (χ3v) is 6.06. The van der Waals surface area contributed by atoms with Gasteiger partial charge in [-0.3, -0.25) is 0 Å². The summed E-state index contributed by atoms with van der Waals surface area (Å²) in [5, 5.41) is 0. The van der Waals surface area contributed by atoms with Gasteiger partial charge in [0.25, 0.3) is 0 Å². The fourth-order valence-electron chi connectivity index (χ4n) is 4.20. The van der Waals surface area contributed by atoms with E-state index in [0.29, 0.717) is 0 Å². The minimum atomic E-state index is 0.0539. The highest BCUT2D eigenvalue weighted by Crippen LogP contribution is 2.31. The normalized spacial score (nSPS) is 13.3. The molecule has 0 aromatic rings. The van der Waals surface area contributed by atoms with Crippen LogP contribution in [0, 0.1) is 5.92 Å². The van der Waals surface area contributed by atoms with Crippen molar-refractivity contribution in [1.29, 1.82) is 0 Å². The molecule has 1 atom stereocenters. The maximum Gasteiger partial charge on any atom is 0.0654 e.